The molecule has 58 heavy (non-hydrogen) atoms. The fourth-order valence-corrected chi connectivity index (χ4v) is 8.71. The zero-order valence-corrected chi connectivity index (χ0v) is 31.7. The second-order valence-electron chi connectivity index (χ2n) is 14.8. The van der Waals surface area contributed by atoms with Gasteiger partial charge in [0.2, 0.25) is 0 Å². The van der Waals surface area contributed by atoms with Crippen LogP contribution in [0.25, 0.3) is 88.0 Å². The van der Waals surface area contributed by atoms with Crippen LogP contribution in [0.2, 0.25) is 0 Å². The van der Waals surface area contributed by atoms with Crippen molar-refractivity contribution in [2.24, 2.45) is 0 Å². The molecule has 272 valence electrons. The summed E-state index contributed by atoms with van der Waals surface area (Å²) in [6, 6.07) is 80.6. The van der Waals surface area contributed by atoms with Crippen LogP contribution in [0.5, 0.6) is 0 Å². The van der Waals surface area contributed by atoms with E-state index < -0.39 is 0 Å². The third-order valence-corrected chi connectivity index (χ3v) is 11.5. The number of hydrogen-bond acceptors (Lipinski definition) is 2. The average molecular weight is 740 g/mol. The normalized spacial score (nSPS) is 11.4. The summed E-state index contributed by atoms with van der Waals surface area (Å²) in [5.41, 5.74) is 14.5. The summed E-state index contributed by atoms with van der Waals surface area (Å²) in [7, 11) is 0. The van der Waals surface area contributed by atoms with E-state index >= 15 is 0 Å². The van der Waals surface area contributed by atoms with Gasteiger partial charge in [-0.25, -0.2) is 0 Å². The summed E-state index contributed by atoms with van der Waals surface area (Å²) < 4.78 is 6.86. The van der Waals surface area contributed by atoms with Crippen LogP contribution in [0.1, 0.15) is 0 Å². The molecule has 0 unspecified atom stereocenters. The van der Waals surface area contributed by atoms with E-state index in [0.717, 1.165) is 72.0 Å². The van der Waals surface area contributed by atoms with E-state index in [1.54, 1.807) is 0 Å². The second kappa shape index (κ2) is 14.1. The van der Waals surface area contributed by atoms with E-state index in [2.05, 4.69) is 229 Å². The van der Waals surface area contributed by atoms with Crippen LogP contribution in [0.15, 0.2) is 229 Å². The molecule has 1 aromatic heterocycles. The van der Waals surface area contributed by atoms with E-state index in [0.29, 0.717) is 0 Å². The summed E-state index contributed by atoms with van der Waals surface area (Å²) in [4.78, 5) is 2.47. The fourth-order valence-electron chi connectivity index (χ4n) is 8.71. The van der Waals surface area contributed by atoms with E-state index in [-0.39, 0.29) is 0 Å². The number of anilines is 3. The van der Waals surface area contributed by atoms with Crippen LogP contribution in [-0.2, 0) is 0 Å². The van der Waals surface area contributed by atoms with Crippen LogP contribution < -0.4 is 4.90 Å². The van der Waals surface area contributed by atoms with Gasteiger partial charge in [0.25, 0.3) is 0 Å². The molecule has 0 amide bonds. The predicted octanol–water partition coefficient (Wildman–Crippen LogP) is 16.0. The molecule has 11 aromatic rings. The topological polar surface area (TPSA) is 16.4 Å². The maximum absolute atomic E-state index is 6.86. The Labute approximate surface area is 337 Å². The molecule has 0 atom stereocenters. The van der Waals surface area contributed by atoms with Crippen LogP contribution in [0, 0.1) is 0 Å². The number of rotatable bonds is 7. The van der Waals surface area contributed by atoms with Crippen LogP contribution >= 0.6 is 0 Å². The Kier molecular flexibility index (Phi) is 8.19. The zero-order valence-electron chi connectivity index (χ0n) is 31.7. The molecule has 0 spiro atoms. The molecule has 2 heteroatoms. The van der Waals surface area contributed by atoms with Crippen molar-refractivity contribution >= 4 is 60.5 Å². The molecule has 0 fully saturated rings. The predicted molar refractivity (Wildman–Crippen MR) is 245 cm³/mol. The summed E-state index contributed by atoms with van der Waals surface area (Å²) >= 11 is 0. The largest absolute Gasteiger partial charge is 0.455 e. The molecule has 0 aliphatic carbocycles. The summed E-state index contributed by atoms with van der Waals surface area (Å²) in [5.74, 6) is 0. The van der Waals surface area contributed by atoms with Crippen molar-refractivity contribution in [1.82, 2.24) is 0 Å². The summed E-state index contributed by atoms with van der Waals surface area (Å²) in [5, 5.41) is 6.76. The Morgan fingerprint density at radius 3 is 1.48 bits per heavy atom. The van der Waals surface area contributed by atoms with Crippen molar-refractivity contribution in [1.29, 1.82) is 0 Å². The molecule has 0 bridgehead atoms. The molecule has 0 N–H and O–H groups in total. The van der Waals surface area contributed by atoms with Crippen LogP contribution in [0.4, 0.5) is 17.1 Å². The highest BCUT2D eigenvalue weighted by molar-refractivity contribution is 6.23. The Bertz CT molecular complexity index is 3250. The van der Waals surface area contributed by atoms with Crippen molar-refractivity contribution in [3.05, 3.63) is 224 Å². The Hall–Kier alpha value is -7.68. The molecular formula is C56H37NO. The number of fused-ring (bicyclic) bond motifs is 6. The number of para-hydroxylation sites is 1. The van der Waals surface area contributed by atoms with E-state index in [4.69, 9.17) is 4.42 Å². The lowest BCUT2D eigenvalue weighted by Gasteiger charge is -2.30. The van der Waals surface area contributed by atoms with E-state index in [9.17, 15) is 0 Å². The lowest BCUT2D eigenvalue weighted by atomic mass is 9.95. The Morgan fingerprint density at radius 1 is 0.293 bits per heavy atom. The highest BCUT2D eigenvalue weighted by Gasteiger charge is 2.24. The van der Waals surface area contributed by atoms with Crippen molar-refractivity contribution in [3.8, 4) is 44.5 Å². The lowest BCUT2D eigenvalue weighted by Crippen LogP contribution is -2.12. The molecule has 10 aromatic carbocycles. The molecular weight excluding hydrogens is 703 g/mol. The summed E-state index contributed by atoms with van der Waals surface area (Å²) in [6.45, 7) is 0. The van der Waals surface area contributed by atoms with Crippen molar-refractivity contribution in [2.75, 3.05) is 4.90 Å². The van der Waals surface area contributed by atoms with Crippen molar-refractivity contribution < 1.29 is 4.42 Å². The van der Waals surface area contributed by atoms with Gasteiger partial charge < -0.3 is 9.32 Å². The number of furan rings is 1. The maximum atomic E-state index is 6.86. The first-order chi connectivity index (χ1) is 28.8. The molecule has 2 nitrogen and oxygen atoms in total. The van der Waals surface area contributed by atoms with Gasteiger partial charge in [-0.3, -0.25) is 0 Å². The van der Waals surface area contributed by atoms with Crippen molar-refractivity contribution in [2.45, 2.75) is 0 Å². The van der Waals surface area contributed by atoms with Gasteiger partial charge in [0.1, 0.15) is 11.2 Å². The minimum absolute atomic E-state index is 0.873. The van der Waals surface area contributed by atoms with Crippen LogP contribution in [0.3, 0.4) is 0 Å². The highest BCUT2D eigenvalue weighted by atomic mass is 16.3. The molecule has 0 aliphatic rings. The zero-order chi connectivity index (χ0) is 38.4. The van der Waals surface area contributed by atoms with Gasteiger partial charge >= 0.3 is 0 Å². The number of benzene rings is 10. The Balaban J connectivity index is 1.16. The lowest BCUT2D eigenvalue weighted by molar-refractivity contribution is 0.673. The smallest absolute Gasteiger partial charge is 0.143 e. The molecule has 0 saturated heterocycles. The van der Waals surface area contributed by atoms with Gasteiger partial charge in [0.05, 0.1) is 17.1 Å². The first-order valence-corrected chi connectivity index (χ1v) is 19.8. The van der Waals surface area contributed by atoms with Gasteiger partial charge in [0.15, 0.2) is 0 Å². The quantitative estimate of drug-likeness (QED) is 0.162. The van der Waals surface area contributed by atoms with E-state index in [1.807, 2.05) is 0 Å². The van der Waals surface area contributed by atoms with E-state index in [1.165, 1.54) is 33.0 Å². The van der Waals surface area contributed by atoms with Crippen LogP contribution in [-0.4, -0.2) is 0 Å². The fraction of sp³-hybridized carbons (Fsp3) is 0. The van der Waals surface area contributed by atoms with Crippen molar-refractivity contribution in [3.63, 3.8) is 0 Å². The molecule has 0 radical (unpaired) electrons. The maximum Gasteiger partial charge on any atom is 0.143 e. The molecule has 0 aliphatic heterocycles. The average Bonchev–Trinajstić information content (AvgIpc) is 3.69. The standard InChI is InChI=1S/C56H37NO/c1-3-15-38(16-4-1)40-29-33-43(34-30-40)46-22-11-12-26-51(46)57(52-27-13-20-42-19-7-8-21-45(42)52)53-37-50-55-47(44-35-31-41(32-36-44)39-17-5-2-6-18-39)25-14-28-54(55)58-56(50)49-24-10-9-23-48(49)53/h1-37H. The minimum Gasteiger partial charge on any atom is -0.455 e. The molecule has 0 saturated carbocycles. The van der Waals surface area contributed by atoms with Gasteiger partial charge in [-0.05, 0) is 68.6 Å². The molecule has 1 heterocycles. The number of nitrogens with zero attached hydrogens (tertiary/aromatic N) is 1. The monoisotopic (exact) mass is 739 g/mol. The first-order valence-electron chi connectivity index (χ1n) is 19.8. The minimum atomic E-state index is 0.873. The Morgan fingerprint density at radius 2 is 0.776 bits per heavy atom. The van der Waals surface area contributed by atoms with Gasteiger partial charge in [-0.15, -0.1) is 0 Å². The number of hydrogen-bond donors (Lipinski definition) is 0. The van der Waals surface area contributed by atoms with Gasteiger partial charge in [0, 0.05) is 32.5 Å². The summed E-state index contributed by atoms with van der Waals surface area (Å²) in [6.07, 6.45) is 0. The second-order valence-corrected chi connectivity index (χ2v) is 14.8. The third kappa shape index (κ3) is 5.74. The highest BCUT2D eigenvalue weighted by Crippen LogP contribution is 2.49. The first kappa shape index (κ1) is 33.6. The SMILES string of the molecule is c1ccc(-c2ccc(-c3ccccc3N(c3cccc4ccccc34)c3cc4c(oc5cccc(-c6ccc(-c7ccccc7)cc6)c54)c4ccccc34)cc2)cc1. The molecule has 11 rings (SSSR count). The third-order valence-electron chi connectivity index (χ3n) is 11.5. The van der Waals surface area contributed by atoms with Gasteiger partial charge in [-0.2, -0.15) is 0 Å². The van der Waals surface area contributed by atoms with Gasteiger partial charge in [-0.1, -0.05) is 200 Å².